The number of hydrogen-bond acceptors (Lipinski definition) is 4. The third kappa shape index (κ3) is 4.50. The van der Waals surface area contributed by atoms with Gasteiger partial charge in [0, 0.05) is 24.2 Å². The molecule has 1 aromatic rings. The van der Waals surface area contributed by atoms with E-state index in [-0.39, 0.29) is 0 Å². The normalized spacial score (nSPS) is 10.7. The number of alkyl halides is 1. The van der Waals surface area contributed by atoms with Gasteiger partial charge in [-0.2, -0.15) is 0 Å². The van der Waals surface area contributed by atoms with Crippen LogP contribution in [0.4, 0.5) is 0 Å². The second-order valence-electron chi connectivity index (χ2n) is 2.72. The van der Waals surface area contributed by atoms with Crippen LogP contribution in [0.25, 0.3) is 0 Å². The van der Waals surface area contributed by atoms with Gasteiger partial charge in [0.1, 0.15) is 5.01 Å². The number of nitrogens with zero attached hydrogens (tertiary/aromatic N) is 1. The minimum atomic E-state index is 0.594. The molecule has 0 unspecified atom stereocenters. The predicted octanol–water partition coefficient (Wildman–Crippen LogP) is 2.24. The quantitative estimate of drug-likeness (QED) is 0.567. The Kier molecular flexibility index (Phi) is 6.34. The SMILES string of the molecule is COCCOCc1nc(CCBr)cs1. The summed E-state index contributed by atoms with van der Waals surface area (Å²) in [6.45, 7) is 1.86. The molecule has 0 saturated heterocycles. The monoisotopic (exact) mass is 279 g/mol. The zero-order valence-electron chi connectivity index (χ0n) is 8.16. The first-order valence-corrected chi connectivity index (χ1v) is 6.43. The van der Waals surface area contributed by atoms with Crippen molar-refractivity contribution < 1.29 is 9.47 Å². The Morgan fingerprint density at radius 2 is 2.36 bits per heavy atom. The van der Waals surface area contributed by atoms with Gasteiger partial charge in [-0.05, 0) is 0 Å². The largest absolute Gasteiger partial charge is 0.382 e. The van der Waals surface area contributed by atoms with E-state index in [1.807, 2.05) is 0 Å². The van der Waals surface area contributed by atoms with Crippen molar-refractivity contribution in [2.75, 3.05) is 25.7 Å². The zero-order valence-corrected chi connectivity index (χ0v) is 10.6. The average molecular weight is 280 g/mol. The van der Waals surface area contributed by atoms with Gasteiger partial charge in [-0.1, -0.05) is 15.9 Å². The molecule has 0 N–H and O–H groups in total. The van der Waals surface area contributed by atoms with Crippen LogP contribution in [0.15, 0.2) is 5.38 Å². The molecule has 1 heterocycles. The fraction of sp³-hybridized carbons (Fsp3) is 0.667. The highest BCUT2D eigenvalue weighted by molar-refractivity contribution is 9.09. The second kappa shape index (κ2) is 7.34. The molecule has 0 bridgehead atoms. The molecular weight excluding hydrogens is 266 g/mol. The fourth-order valence-corrected chi connectivity index (χ4v) is 2.10. The highest BCUT2D eigenvalue weighted by Gasteiger charge is 2.01. The van der Waals surface area contributed by atoms with Crippen molar-refractivity contribution in [3.63, 3.8) is 0 Å². The van der Waals surface area contributed by atoms with Crippen LogP contribution >= 0.6 is 27.3 Å². The molecule has 0 aliphatic carbocycles. The van der Waals surface area contributed by atoms with Crippen LogP contribution in [0.3, 0.4) is 0 Å². The van der Waals surface area contributed by atoms with E-state index in [0.717, 1.165) is 22.5 Å². The molecule has 0 saturated carbocycles. The van der Waals surface area contributed by atoms with Gasteiger partial charge in [-0.25, -0.2) is 4.98 Å². The van der Waals surface area contributed by atoms with Crippen LogP contribution < -0.4 is 0 Å². The lowest BCUT2D eigenvalue weighted by atomic mass is 10.4. The average Bonchev–Trinajstić information content (AvgIpc) is 2.61. The smallest absolute Gasteiger partial charge is 0.119 e. The molecule has 0 radical (unpaired) electrons. The number of aryl methyl sites for hydroxylation is 1. The summed E-state index contributed by atoms with van der Waals surface area (Å²) in [7, 11) is 1.67. The molecule has 0 aromatic carbocycles. The van der Waals surface area contributed by atoms with E-state index >= 15 is 0 Å². The van der Waals surface area contributed by atoms with E-state index < -0.39 is 0 Å². The fourth-order valence-electron chi connectivity index (χ4n) is 0.929. The van der Waals surface area contributed by atoms with Crippen LogP contribution in [0.2, 0.25) is 0 Å². The maximum absolute atomic E-state index is 5.36. The molecule has 0 fully saturated rings. The van der Waals surface area contributed by atoms with E-state index in [9.17, 15) is 0 Å². The molecule has 1 rings (SSSR count). The maximum Gasteiger partial charge on any atom is 0.119 e. The van der Waals surface area contributed by atoms with E-state index in [1.165, 1.54) is 0 Å². The second-order valence-corrected chi connectivity index (χ2v) is 4.45. The maximum atomic E-state index is 5.36. The molecule has 0 aliphatic rings. The summed E-state index contributed by atoms with van der Waals surface area (Å²) in [4.78, 5) is 4.42. The van der Waals surface area contributed by atoms with Crippen molar-refractivity contribution in [2.45, 2.75) is 13.0 Å². The van der Waals surface area contributed by atoms with Crippen molar-refractivity contribution in [3.8, 4) is 0 Å². The number of halogens is 1. The minimum Gasteiger partial charge on any atom is -0.382 e. The van der Waals surface area contributed by atoms with Gasteiger partial charge in [-0.15, -0.1) is 11.3 Å². The molecule has 14 heavy (non-hydrogen) atoms. The Balaban J connectivity index is 2.22. The van der Waals surface area contributed by atoms with Gasteiger partial charge >= 0.3 is 0 Å². The number of aromatic nitrogens is 1. The van der Waals surface area contributed by atoms with Gasteiger partial charge in [0.25, 0.3) is 0 Å². The summed E-state index contributed by atoms with van der Waals surface area (Å²) >= 11 is 5.04. The lowest BCUT2D eigenvalue weighted by molar-refractivity contribution is 0.0615. The number of rotatable bonds is 7. The summed E-state index contributed by atoms with van der Waals surface area (Å²) in [5.74, 6) is 0. The van der Waals surface area contributed by atoms with Crippen molar-refractivity contribution in [1.82, 2.24) is 4.98 Å². The van der Waals surface area contributed by atoms with Crippen molar-refractivity contribution in [1.29, 1.82) is 0 Å². The van der Waals surface area contributed by atoms with E-state index in [2.05, 4.69) is 26.3 Å². The molecule has 0 atom stereocenters. The van der Waals surface area contributed by atoms with Gasteiger partial charge in [0.2, 0.25) is 0 Å². The van der Waals surface area contributed by atoms with Crippen molar-refractivity contribution in [3.05, 3.63) is 16.1 Å². The molecule has 5 heteroatoms. The van der Waals surface area contributed by atoms with Crippen LogP contribution in [0.1, 0.15) is 10.7 Å². The molecule has 80 valence electrons. The van der Waals surface area contributed by atoms with E-state index in [4.69, 9.17) is 9.47 Å². The standard InChI is InChI=1S/C9H14BrNO2S/c1-12-4-5-13-6-9-11-8(2-3-10)7-14-9/h7H,2-6H2,1H3. The lowest BCUT2D eigenvalue weighted by Crippen LogP contribution is -2.01. The summed E-state index contributed by atoms with van der Waals surface area (Å²) in [5.41, 5.74) is 1.14. The van der Waals surface area contributed by atoms with E-state index in [0.29, 0.717) is 19.8 Å². The molecular formula is C9H14BrNO2S. The highest BCUT2D eigenvalue weighted by Crippen LogP contribution is 2.11. The Hall–Kier alpha value is 0.0300. The third-order valence-corrected chi connectivity index (χ3v) is 2.87. The summed E-state index contributed by atoms with van der Waals surface area (Å²) in [5, 5.41) is 4.08. The molecule has 0 amide bonds. The van der Waals surface area contributed by atoms with Crippen LogP contribution in [-0.4, -0.2) is 30.6 Å². The van der Waals surface area contributed by atoms with Crippen LogP contribution in [0.5, 0.6) is 0 Å². The first-order chi connectivity index (χ1) is 6.86. The number of methoxy groups -OCH3 is 1. The van der Waals surface area contributed by atoms with E-state index in [1.54, 1.807) is 18.4 Å². The van der Waals surface area contributed by atoms with Crippen molar-refractivity contribution in [2.24, 2.45) is 0 Å². The topological polar surface area (TPSA) is 31.4 Å². The number of hydrogen-bond donors (Lipinski definition) is 0. The molecule has 0 aliphatic heterocycles. The first kappa shape index (κ1) is 12.1. The third-order valence-electron chi connectivity index (χ3n) is 1.61. The number of ether oxygens (including phenoxy) is 2. The Labute approximate surface area is 96.6 Å². The summed E-state index contributed by atoms with van der Waals surface area (Å²) < 4.78 is 10.2. The van der Waals surface area contributed by atoms with Crippen LogP contribution in [0, 0.1) is 0 Å². The van der Waals surface area contributed by atoms with Gasteiger partial charge in [0.05, 0.1) is 25.5 Å². The number of thiazole rings is 1. The molecule has 3 nitrogen and oxygen atoms in total. The highest BCUT2D eigenvalue weighted by atomic mass is 79.9. The predicted molar refractivity (Wildman–Crippen MR) is 61.1 cm³/mol. The van der Waals surface area contributed by atoms with Gasteiger partial charge in [0.15, 0.2) is 0 Å². The van der Waals surface area contributed by atoms with Crippen LogP contribution in [-0.2, 0) is 22.5 Å². The Morgan fingerprint density at radius 1 is 1.50 bits per heavy atom. The Morgan fingerprint density at radius 3 is 3.07 bits per heavy atom. The minimum absolute atomic E-state index is 0.594. The molecule has 1 aromatic heterocycles. The summed E-state index contributed by atoms with van der Waals surface area (Å²) in [6, 6.07) is 0. The zero-order chi connectivity index (χ0) is 10.2. The first-order valence-electron chi connectivity index (χ1n) is 4.42. The Bertz CT molecular complexity index is 255. The van der Waals surface area contributed by atoms with Gasteiger partial charge < -0.3 is 9.47 Å². The van der Waals surface area contributed by atoms with Gasteiger partial charge in [-0.3, -0.25) is 0 Å². The molecule has 0 spiro atoms. The van der Waals surface area contributed by atoms with Crippen molar-refractivity contribution >= 4 is 27.3 Å². The lowest BCUT2D eigenvalue weighted by Gasteiger charge is -1.99. The summed E-state index contributed by atoms with van der Waals surface area (Å²) in [6.07, 6.45) is 0.981.